The Balaban J connectivity index is 2.56. The molecule has 0 aromatic carbocycles. The maximum atomic E-state index is 12.2. The van der Waals surface area contributed by atoms with Gasteiger partial charge in [-0.2, -0.15) is 13.2 Å². The van der Waals surface area contributed by atoms with Gasteiger partial charge in [0.1, 0.15) is 0 Å². The van der Waals surface area contributed by atoms with Gasteiger partial charge in [-0.15, -0.1) is 0 Å². The van der Waals surface area contributed by atoms with E-state index in [0.717, 1.165) is 19.3 Å². The predicted octanol–water partition coefficient (Wildman–Crippen LogP) is 1.79. The first-order valence-electron chi connectivity index (χ1n) is 5.83. The molecule has 17 heavy (non-hydrogen) atoms. The highest BCUT2D eigenvalue weighted by Crippen LogP contribution is 2.26. The lowest BCUT2D eigenvalue weighted by molar-refractivity contribution is -0.175. The number of carbonyl (C=O) groups is 1. The number of nitrogens with zero attached hydrogens (tertiary/aromatic N) is 1. The highest BCUT2D eigenvalue weighted by Gasteiger charge is 2.41. The van der Waals surface area contributed by atoms with Crippen molar-refractivity contribution >= 4 is 5.91 Å². The van der Waals surface area contributed by atoms with Crippen molar-refractivity contribution in [3.63, 3.8) is 0 Å². The molecule has 0 saturated heterocycles. The molecule has 1 saturated carbocycles. The van der Waals surface area contributed by atoms with Crippen molar-refractivity contribution < 1.29 is 18.0 Å². The summed E-state index contributed by atoms with van der Waals surface area (Å²) in [5.74, 6) is -1.70. The molecule has 0 spiro atoms. The molecular formula is C11H19F3N2O. The largest absolute Gasteiger partial charge is 0.471 e. The van der Waals surface area contributed by atoms with Crippen LogP contribution < -0.4 is 5.32 Å². The average molecular weight is 252 g/mol. The van der Waals surface area contributed by atoms with E-state index in [1.54, 1.807) is 0 Å². The van der Waals surface area contributed by atoms with Crippen molar-refractivity contribution in [2.45, 2.75) is 37.9 Å². The third-order valence-electron chi connectivity index (χ3n) is 3.08. The van der Waals surface area contributed by atoms with Crippen LogP contribution in [0.3, 0.4) is 0 Å². The average Bonchev–Trinajstić information content (AvgIpc) is 2.18. The molecule has 1 fully saturated rings. The summed E-state index contributed by atoms with van der Waals surface area (Å²) < 4.78 is 36.5. The van der Waals surface area contributed by atoms with Gasteiger partial charge >= 0.3 is 12.1 Å². The van der Waals surface area contributed by atoms with Gasteiger partial charge in [-0.05, 0) is 32.9 Å². The minimum atomic E-state index is -4.78. The van der Waals surface area contributed by atoms with Crippen LogP contribution in [0.2, 0.25) is 0 Å². The Morgan fingerprint density at radius 2 is 1.88 bits per heavy atom. The van der Waals surface area contributed by atoms with Crippen LogP contribution in [0.25, 0.3) is 0 Å². The molecule has 1 amide bonds. The second-order valence-electron chi connectivity index (χ2n) is 4.88. The lowest BCUT2D eigenvalue weighted by atomic mass is 9.84. The fourth-order valence-electron chi connectivity index (χ4n) is 2.34. The number of amides is 1. The Kier molecular flexibility index (Phi) is 4.80. The van der Waals surface area contributed by atoms with E-state index in [1.165, 1.54) is 0 Å². The van der Waals surface area contributed by atoms with E-state index in [1.807, 2.05) is 19.0 Å². The molecule has 100 valence electrons. The van der Waals surface area contributed by atoms with Crippen molar-refractivity contribution in [1.29, 1.82) is 0 Å². The van der Waals surface area contributed by atoms with E-state index in [0.29, 0.717) is 13.0 Å². The molecule has 0 radical (unpaired) electrons. The number of hydrogen-bond acceptors (Lipinski definition) is 2. The summed E-state index contributed by atoms with van der Waals surface area (Å²) in [6.45, 7) is 0.711. The van der Waals surface area contributed by atoms with Crippen molar-refractivity contribution in [2.24, 2.45) is 5.92 Å². The van der Waals surface area contributed by atoms with Crippen LogP contribution in [-0.2, 0) is 4.79 Å². The third kappa shape index (κ3) is 4.53. The summed E-state index contributed by atoms with van der Waals surface area (Å²) in [5.41, 5.74) is 0. The van der Waals surface area contributed by atoms with Crippen LogP contribution in [0.1, 0.15) is 25.7 Å². The molecule has 1 N–H and O–H groups in total. The molecule has 1 aliphatic rings. The fraction of sp³-hybridized carbons (Fsp3) is 0.909. The molecule has 1 aliphatic carbocycles. The van der Waals surface area contributed by atoms with Crippen molar-refractivity contribution in [1.82, 2.24) is 10.2 Å². The highest BCUT2D eigenvalue weighted by atomic mass is 19.4. The summed E-state index contributed by atoms with van der Waals surface area (Å²) in [6, 6.07) is -0.347. The standard InChI is InChI=1S/C11H19F3N2O/c1-16(2)7-8-5-3-4-6-9(8)15-10(17)11(12,13)14/h8-9H,3-7H2,1-2H3,(H,15,17). The Bertz CT molecular complexity index is 266. The molecule has 2 unspecified atom stereocenters. The monoisotopic (exact) mass is 252 g/mol. The van der Waals surface area contributed by atoms with Gasteiger partial charge < -0.3 is 10.2 Å². The quantitative estimate of drug-likeness (QED) is 0.830. The van der Waals surface area contributed by atoms with Crippen molar-refractivity contribution in [3.05, 3.63) is 0 Å². The normalized spacial score (nSPS) is 26.0. The maximum Gasteiger partial charge on any atom is 0.471 e. The van der Waals surface area contributed by atoms with Crippen LogP contribution in [0.5, 0.6) is 0 Å². The highest BCUT2D eigenvalue weighted by molar-refractivity contribution is 5.81. The number of carbonyl (C=O) groups excluding carboxylic acids is 1. The molecular weight excluding hydrogens is 233 g/mol. The fourth-order valence-corrected chi connectivity index (χ4v) is 2.34. The number of rotatable bonds is 3. The maximum absolute atomic E-state index is 12.2. The van der Waals surface area contributed by atoms with Gasteiger partial charge in [0, 0.05) is 12.6 Å². The van der Waals surface area contributed by atoms with Gasteiger partial charge in [0.2, 0.25) is 0 Å². The van der Waals surface area contributed by atoms with E-state index in [-0.39, 0.29) is 12.0 Å². The third-order valence-corrected chi connectivity index (χ3v) is 3.08. The van der Waals surface area contributed by atoms with Gasteiger partial charge in [-0.1, -0.05) is 12.8 Å². The summed E-state index contributed by atoms with van der Waals surface area (Å²) >= 11 is 0. The molecule has 0 bridgehead atoms. The summed E-state index contributed by atoms with van der Waals surface area (Å²) in [7, 11) is 3.77. The van der Waals surface area contributed by atoms with Crippen molar-refractivity contribution in [3.8, 4) is 0 Å². The van der Waals surface area contributed by atoms with Gasteiger partial charge in [0.25, 0.3) is 0 Å². The molecule has 0 aliphatic heterocycles. The van der Waals surface area contributed by atoms with Crippen LogP contribution in [-0.4, -0.2) is 43.7 Å². The molecule has 0 aromatic rings. The minimum absolute atomic E-state index is 0.116. The van der Waals surface area contributed by atoms with Crippen LogP contribution in [0.15, 0.2) is 0 Å². The number of nitrogens with one attached hydrogen (secondary N) is 1. The summed E-state index contributed by atoms with van der Waals surface area (Å²) in [4.78, 5) is 12.9. The molecule has 2 atom stereocenters. The molecule has 0 aromatic heterocycles. The first-order chi connectivity index (χ1) is 7.80. The lowest BCUT2D eigenvalue weighted by Crippen LogP contribution is -2.49. The zero-order valence-electron chi connectivity index (χ0n) is 10.2. The first kappa shape index (κ1) is 14.3. The molecule has 1 rings (SSSR count). The Labute approximate surface area is 99.4 Å². The second kappa shape index (κ2) is 5.71. The van der Waals surface area contributed by atoms with Crippen molar-refractivity contribution in [2.75, 3.05) is 20.6 Å². The zero-order chi connectivity index (χ0) is 13.1. The summed E-state index contributed by atoms with van der Waals surface area (Å²) in [5, 5.41) is 2.12. The Morgan fingerprint density at radius 1 is 1.29 bits per heavy atom. The van der Waals surface area contributed by atoms with Gasteiger partial charge in [0.15, 0.2) is 0 Å². The number of halogens is 3. The smallest absolute Gasteiger partial charge is 0.345 e. The Morgan fingerprint density at radius 3 is 2.41 bits per heavy atom. The van der Waals surface area contributed by atoms with Gasteiger partial charge in [0.05, 0.1) is 0 Å². The number of hydrogen-bond donors (Lipinski definition) is 1. The minimum Gasteiger partial charge on any atom is -0.345 e. The molecule has 3 nitrogen and oxygen atoms in total. The van der Waals surface area contributed by atoms with E-state index < -0.39 is 12.1 Å². The molecule has 6 heteroatoms. The lowest BCUT2D eigenvalue weighted by Gasteiger charge is -2.34. The van der Waals surface area contributed by atoms with Crippen LogP contribution in [0, 0.1) is 5.92 Å². The zero-order valence-corrected chi connectivity index (χ0v) is 10.2. The predicted molar refractivity (Wildman–Crippen MR) is 58.5 cm³/mol. The van der Waals surface area contributed by atoms with E-state index in [9.17, 15) is 18.0 Å². The number of alkyl halides is 3. The van der Waals surface area contributed by atoms with E-state index in [4.69, 9.17) is 0 Å². The van der Waals surface area contributed by atoms with Crippen LogP contribution in [0.4, 0.5) is 13.2 Å². The summed E-state index contributed by atoms with van der Waals surface area (Å²) in [6.07, 6.45) is -1.36. The van der Waals surface area contributed by atoms with E-state index in [2.05, 4.69) is 5.32 Å². The van der Waals surface area contributed by atoms with E-state index >= 15 is 0 Å². The first-order valence-corrected chi connectivity index (χ1v) is 5.83. The van der Waals surface area contributed by atoms with Crippen LogP contribution >= 0.6 is 0 Å². The SMILES string of the molecule is CN(C)CC1CCCCC1NC(=O)C(F)(F)F. The molecule has 0 heterocycles. The Hall–Kier alpha value is -0.780. The van der Waals surface area contributed by atoms with Gasteiger partial charge in [-0.25, -0.2) is 0 Å². The second-order valence-corrected chi connectivity index (χ2v) is 4.88. The van der Waals surface area contributed by atoms with Gasteiger partial charge in [-0.3, -0.25) is 4.79 Å². The topological polar surface area (TPSA) is 32.3 Å².